The Bertz CT molecular complexity index is 1350. The van der Waals surface area contributed by atoms with Crippen LogP contribution < -0.4 is 0 Å². The van der Waals surface area contributed by atoms with Crippen molar-refractivity contribution >= 4 is 54.8 Å². The molecule has 1 aliphatic heterocycles. The molecule has 0 bridgehead atoms. The Morgan fingerprint density at radius 3 is 1.79 bits per heavy atom. The first-order chi connectivity index (χ1) is 18.2. The second kappa shape index (κ2) is 14.4. The van der Waals surface area contributed by atoms with Gasteiger partial charge < -0.3 is 5.11 Å². The quantitative estimate of drug-likeness (QED) is 0.213. The number of carbonyl (C=O) groups is 2. The predicted octanol–water partition coefficient (Wildman–Crippen LogP) is 9.24. The zero-order valence-corrected chi connectivity index (χ0v) is 26.2. The molecule has 1 aliphatic rings. The standard InChI is InChI=1S/C16H15IO2.C9H12.C7H5IO2/c1-11(2)12-7-9-13(10-8-12)17-15-6-4-3-5-14(15)16(18)19-17;1-8(2)9-6-4-3-5-7-9;8-6-4-2-1-3-5(6)7(9)10/h3-11H,1-2H3;3-8H,1-2H3;1-4H,(H,9,10). The van der Waals surface area contributed by atoms with E-state index in [2.05, 4.69) is 76.2 Å². The fourth-order valence-electron chi connectivity index (χ4n) is 3.53. The molecule has 0 amide bonds. The number of halogens is 2. The van der Waals surface area contributed by atoms with Gasteiger partial charge in [0.2, 0.25) is 0 Å². The first kappa shape index (κ1) is 29.8. The van der Waals surface area contributed by atoms with Crippen LogP contribution >= 0.6 is 42.8 Å². The molecule has 198 valence electrons. The molecule has 0 aliphatic carbocycles. The third kappa shape index (κ3) is 8.14. The summed E-state index contributed by atoms with van der Waals surface area (Å²) in [5.74, 6) is 0.154. The van der Waals surface area contributed by atoms with E-state index in [0.29, 0.717) is 17.4 Å². The van der Waals surface area contributed by atoms with Crippen molar-refractivity contribution in [3.05, 3.63) is 136 Å². The van der Waals surface area contributed by atoms with Gasteiger partial charge in [0.25, 0.3) is 0 Å². The van der Waals surface area contributed by atoms with Crippen molar-refractivity contribution in [2.45, 2.75) is 39.5 Å². The van der Waals surface area contributed by atoms with Crippen LogP contribution in [0.4, 0.5) is 0 Å². The fraction of sp³-hybridized carbons (Fsp3) is 0.188. The first-order valence-corrected chi connectivity index (χ1v) is 16.4. The molecule has 1 N–H and O–H groups in total. The maximum atomic E-state index is 11.8. The molecule has 4 aromatic carbocycles. The second-order valence-corrected chi connectivity index (χ2v) is 14.6. The summed E-state index contributed by atoms with van der Waals surface area (Å²) in [6.07, 6.45) is 0. The van der Waals surface area contributed by atoms with E-state index in [-0.39, 0.29) is 5.97 Å². The van der Waals surface area contributed by atoms with Gasteiger partial charge in [-0.25, -0.2) is 4.79 Å². The summed E-state index contributed by atoms with van der Waals surface area (Å²) in [7, 11) is 0. The van der Waals surface area contributed by atoms with Crippen molar-refractivity contribution in [2.75, 3.05) is 0 Å². The van der Waals surface area contributed by atoms with Crippen molar-refractivity contribution in [3.8, 4) is 0 Å². The first-order valence-electron chi connectivity index (χ1n) is 12.3. The molecule has 0 unspecified atom stereocenters. The largest absolute Gasteiger partial charge is 0.478 e. The molecule has 6 heteroatoms. The van der Waals surface area contributed by atoms with Crippen LogP contribution in [0.15, 0.2) is 103 Å². The van der Waals surface area contributed by atoms with Crippen LogP contribution in [0, 0.1) is 10.7 Å². The Balaban J connectivity index is 0.000000177. The number of carboxylic acid groups (broad SMARTS) is 1. The molecule has 0 aromatic heterocycles. The molecule has 5 rings (SSSR count). The summed E-state index contributed by atoms with van der Waals surface area (Å²) in [6, 6.07) is 33.7. The molecule has 0 atom stereocenters. The summed E-state index contributed by atoms with van der Waals surface area (Å²) in [6.45, 7) is 8.77. The fourth-order valence-corrected chi connectivity index (χ4v) is 8.42. The summed E-state index contributed by atoms with van der Waals surface area (Å²) >= 11 is 0.00166. The third-order valence-corrected chi connectivity index (χ3v) is 11.4. The smallest absolute Gasteiger partial charge is 0.336 e. The Hall–Kier alpha value is -2.72. The SMILES string of the molecule is CC(C)c1ccc(I2OC(=O)c3ccccc32)cc1.CC(C)c1ccccc1.O=C(O)c1ccccc1I. The van der Waals surface area contributed by atoms with Gasteiger partial charge in [-0.05, 0) is 46.2 Å². The van der Waals surface area contributed by atoms with E-state index < -0.39 is 26.2 Å². The zero-order chi connectivity index (χ0) is 27.7. The molecule has 0 radical (unpaired) electrons. The molecular formula is C32H32I2O4. The molecule has 4 nitrogen and oxygen atoms in total. The van der Waals surface area contributed by atoms with E-state index in [4.69, 9.17) is 8.17 Å². The van der Waals surface area contributed by atoms with Crippen LogP contribution in [-0.4, -0.2) is 17.0 Å². The number of fused-ring (bicyclic) bond motifs is 1. The number of hydrogen-bond donors (Lipinski definition) is 1. The van der Waals surface area contributed by atoms with Gasteiger partial charge in [0, 0.05) is 3.57 Å². The Morgan fingerprint density at radius 1 is 0.737 bits per heavy atom. The molecule has 0 spiro atoms. The number of carboxylic acids is 1. The minimum Gasteiger partial charge on any atom is -0.478 e. The van der Waals surface area contributed by atoms with E-state index in [1.165, 1.54) is 14.7 Å². The summed E-state index contributed by atoms with van der Waals surface area (Å²) in [5.41, 5.74) is 3.85. The van der Waals surface area contributed by atoms with Crippen molar-refractivity contribution in [3.63, 3.8) is 0 Å². The number of rotatable bonds is 4. The third-order valence-electron chi connectivity index (χ3n) is 5.73. The van der Waals surface area contributed by atoms with Crippen LogP contribution in [0.1, 0.15) is 71.4 Å². The van der Waals surface area contributed by atoms with Crippen molar-refractivity contribution in [1.82, 2.24) is 0 Å². The van der Waals surface area contributed by atoms with Gasteiger partial charge in [-0.2, -0.15) is 0 Å². The van der Waals surface area contributed by atoms with Gasteiger partial charge in [-0.15, -0.1) is 0 Å². The Morgan fingerprint density at radius 2 is 1.26 bits per heavy atom. The van der Waals surface area contributed by atoms with Crippen molar-refractivity contribution < 1.29 is 17.8 Å². The Kier molecular flexibility index (Phi) is 11.3. The molecule has 0 saturated heterocycles. The van der Waals surface area contributed by atoms with Crippen molar-refractivity contribution in [1.29, 1.82) is 0 Å². The Labute approximate surface area is 246 Å². The number of benzene rings is 4. The minimum atomic E-state index is -1.99. The van der Waals surface area contributed by atoms with Gasteiger partial charge in [0.1, 0.15) is 0 Å². The van der Waals surface area contributed by atoms with E-state index in [9.17, 15) is 9.59 Å². The number of hydrogen-bond acceptors (Lipinski definition) is 3. The molecule has 38 heavy (non-hydrogen) atoms. The van der Waals surface area contributed by atoms with Crippen LogP contribution in [-0.2, 0) is 3.07 Å². The minimum absolute atomic E-state index is 0.159. The molecule has 0 fully saturated rings. The van der Waals surface area contributed by atoms with Crippen molar-refractivity contribution in [2.24, 2.45) is 0 Å². The summed E-state index contributed by atoms with van der Waals surface area (Å²) in [4.78, 5) is 22.3. The number of aromatic carboxylic acids is 1. The van der Waals surface area contributed by atoms with E-state index in [0.717, 1.165) is 12.7 Å². The van der Waals surface area contributed by atoms with E-state index in [1.54, 1.807) is 18.2 Å². The monoisotopic (exact) mass is 734 g/mol. The van der Waals surface area contributed by atoms with Gasteiger partial charge in [0.15, 0.2) is 0 Å². The molecule has 4 aromatic rings. The second-order valence-electron chi connectivity index (χ2n) is 9.15. The van der Waals surface area contributed by atoms with Crippen LogP contribution in [0.2, 0.25) is 0 Å². The summed E-state index contributed by atoms with van der Waals surface area (Å²) < 4.78 is 8.71. The normalized spacial score (nSPS) is 12.6. The van der Waals surface area contributed by atoms with Gasteiger partial charge in [-0.1, -0.05) is 56.3 Å². The maximum absolute atomic E-state index is 11.8. The predicted molar refractivity (Wildman–Crippen MR) is 170 cm³/mol. The maximum Gasteiger partial charge on any atom is 0.336 e. The molecular weight excluding hydrogens is 702 g/mol. The topological polar surface area (TPSA) is 63.6 Å². The average Bonchev–Trinajstić information content (AvgIpc) is 3.26. The van der Waals surface area contributed by atoms with Gasteiger partial charge in [0.05, 0.1) is 5.56 Å². The molecule has 0 saturated carbocycles. The van der Waals surface area contributed by atoms with Gasteiger partial charge in [-0.3, -0.25) is 0 Å². The van der Waals surface area contributed by atoms with Crippen LogP contribution in [0.25, 0.3) is 0 Å². The van der Waals surface area contributed by atoms with Crippen LogP contribution in [0.3, 0.4) is 0 Å². The average molecular weight is 734 g/mol. The van der Waals surface area contributed by atoms with Gasteiger partial charge >= 0.3 is 127 Å². The summed E-state index contributed by atoms with van der Waals surface area (Å²) in [5, 5.41) is 8.56. The van der Waals surface area contributed by atoms with E-state index >= 15 is 0 Å². The molecule has 1 heterocycles. The number of carbonyl (C=O) groups excluding carboxylic acids is 1. The zero-order valence-electron chi connectivity index (χ0n) is 21.9. The van der Waals surface area contributed by atoms with E-state index in [1.807, 2.05) is 59.0 Å². The van der Waals surface area contributed by atoms with Crippen LogP contribution in [0.5, 0.6) is 0 Å².